The van der Waals surface area contributed by atoms with Crippen molar-refractivity contribution in [3.8, 4) is 11.5 Å². The number of carboxylic acids is 1. The van der Waals surface area contributed by atoms with Gasteiger partial charge in [0, 0.05) is 12.1 Å². The highest BCUT2D eigenvalue weighted by molar-refractivity contribution is 7.92. The highest BCUT2D eigenvalue weighted by Crippen LogP contribution is 2.32. The van der Waals surface area contributed by atoms with Crippen LogP contribution < -0.4 is 14.8 Å². The summed E-state index contributed by atoms with van der Waals surface area (Å²) in [6.07, 6.45) is 2.39. The predicted molar refractivity (Wildman–Crippen MR) is 89.7 cm³/mol. The second-order valence-corrected chi connectivity index (χ2v) is 7.72. The number of sulfone groups is 1. The van der Waals surface area contributed by atoms with Crippen molar-refractivity contribution in [2.75, 3.05) is 27.4 Å². The summed E-state index contributed by atoms with van der Waals surface area (Å²) in [5.41, 5.74) is -1.29. The number of carboxylic acid groups (broad SMARTS) is 1. The van der Waals surface area contributed by atoms with Crippen molar-refractivity contribution in [3.05, 3.63) is 18.2 Å². The average molecular weight is 373 g/mol. The quantitative estimate of drug-likeness (QED) is 0.695. The number of methoxy groups -OCH3 is 2. The highest BCUT2D eigenvalue weighted by atomic mass is 32.2. The van der Waals surface area contributed by atoms with Gasteiger partial charge >= 0.3 is 5.97 Å². The van der Waals surface area contributed by atoms with Crippen LogP contribution in [0.4, 0.5) is 0 Å². The van der Waals surface area contributed by atoms with Crippen molar-refractivity contribution in [2.24, 2.45) is 0 Å². The van der Waals surface area contributed by atoms with Gasteiger partial charge in [-0.1, -0.05) is 6.42 Å². The van der Waals surface area contributed by atoms with Crippen molar-refractivity contribution in [1.82, 2.24) is 5.32 Å². The Labute approximate surface area is 147 Å². The maximum absolute atomic E-state index is 13.1. The molecule has 1 aliphatic heterocycles. The molecule has 1 heterocycles. The zero-order valence-electron chi connectivity index (χ0n) is 14.2. The number of carbonyl (C=O) groups is 1. The van der Waals surface area contributed by atoms with Crippen molar-refractivity contribution in [2.45, 2.75) is 35.6 Å². The summed E-state index contributed by atoms with van der Waals surface area (Å²) in [6, 6.07) is 3.78. The molecule has 25 heavy (non-hydrogen) atoms. The molecular weight excluding hydrogens is 350 g/mol. The minimum atomic E-state index is -3.94. The molecule has 1 aromatic carbocycles. The van der Waals surface area contributed by atoms with E-state index >= 15 is 0 Å². The molecule has 0 aromatic heterocycles. The fraction of sp³-hybridized carbons (Fsp3) is 0.562. The number of ether oxygens (including phenoxy) is 3. The number of rotatable bonds is 8. The van der Waals surface area contributed by atoms with Gasteiger partial charge in [0.05, 0.1) is 19.1 Å². The number of piperidine rings is 1. The summed E-state index contributed by atoms with van der Waals surface area (Å²) in [5, 5.41) is 12.0. The fourth-order valence-corrected chi connectivity index (χ4v) is 4.52. The van der Waals surface area contributed by atoms with Crippen LogP contribution in [0.2, 0.25) is 0 Å². The summed E-state index contributed by atoms with van der Waals surface area (Å²) >= 11 is 0. The fourth-order valence-electron chi connectivity index (χ4n) is 2.81. The minimum absolute atomic E-state index is 0.00656. The third-order valence-electron chi connectivity index (χ3n) is 4.04. The molecule has 0 spiro atoms. The molecule has 0 bridgehead atoms. The number of hydrogen-bond acceptors (Lipinski definition) is 7. The molecule has 140 valence electrons. The first-order valence-electron chi connectivity index (χ1n) is 7.93. The van der Waals surface area contributed by atoms with Gasteiger partial charge in [0.2, 0.25) is 9.84 Å². The Morgan fingerprint density at radius 2 is 2.00 bits per heavy atom. The molecule has 0 aliphatic carbocycles. The van der Waals surface area contributed by atoms with Crippen LogP contribution >= 0.6 is 0 Å². The van der Waals surface area contributed by atoms with Crippen LogP contribution in [0.1, 0.15) is 19.3 Å². The molecule has 2 N–H and O–H groups in total. The Bertz CT molecular complexity index is 698. The first-order chi connectivity index (χ1) is 11.9. The summed E-state index contributed by atoms with van der Waals surface area (Å²) in [4.78, 5) is 10.9. The topological polar surface area (TPSA) is 111 Å². The molecular formula is C16H23NO7S. The molecule has 8 nitrogen and oxygen atoms in total. The smallest absolute Gasteiger partial charge is 0.329 e. The van der Waals surface area contributed by atoms with E-state index in [0.29, 0.717) is 18.7 Å². The largest absolute Gasteiger partial charge is 0.493 e. The lowest BCUT2D eigenvalue weighted by molar-refractivity contribution is -0.143. The van der Waals surface area contributed by atoms with Gasteiger partial charge in [-0.2, -0.15) is 0 Å². The normalized spacial score (nSPS) is 19.2. The summed E-state index contributed by atoms with van der Waals surface area (Å²) in [5.74, 6) is -0.541. The van der Waals surface area contributed by atoms with E-state index in [1.54, 1.807) is 0 Å². The van der Waals surface area contributed by atoms with Crippen LogP contribution in [0.15, 0.2) is 23.1 Å². The average Bonchev–Trinajstić information content (AvgIpc) is 2.61. The van der Waals surface area contributed by atoms with Gasteiger partial charge in [-0.05, 0) is 31.5 Å². The van der Waals surface area contributed by atoms with E-state index in [-0.39, 0.29) is 10.6 Å². The molecule has 2 unspecified atom stereocenters. The van der Waals surface area contributed by atoms with Gasteiger partial charge in [-0.15, -0.1) is 0 Å². The summed E-state index contributed by atoms with van der Waals surface area (Å²) < 4.78 is 41.7. The number of hydrogen-bond donors (Lipinski definition) is 2. The maximum atomic E-state index is 13.1. The molecule has 0 radical (unpaired) electrons. The van der Waals surface area contributed by atoms with Crippen LogP contribution in [-0.4, -0.2) is 58.3 Å². The van der Waals surface area contributed by atoms with E-state index in [2.05, 4.69) is 5.32 Å². The lowest BCUT2D eigenvalue weighted by atomic mass is 10.1. The minimum Gasteiger partial charge on any atom is -0.493 e. The van der Waals surface area contributed by atoms with Crippen molar-refractivity contribution >= 4 is 15.8 Å². The van der Waals surface area contributed by atoms with Crippen LogP contribution in [0, 0.1) is 0 Å². The number of nitrogens with one attached hydrogen (secondary N) is 1. The summed E-state index contributed by atoms with van der Waals surface area (Å²) in [6.45, 7) is -0.0194. The maximum Gasteiger partial charge on any atom is 0.329 e. The summed E-state index contributed by atoms with van der Waals surface area (Å²) in [7, 11) is -1.07. The third-order valence-corrected chi connectivity index (χ3v) is 6.02. The van der Waals surface area contributed by atoms with E-state index in [1.165, 1.54) is 32.4 Å². The van der Waals surface area contributed by atoms with Gasteiger partial charge in [0.25, 0.3) is 0 Å². The molecule has 1 aliphatic rings. The molecule has 9 heteroatoms. The van der Waals surface area contributed by atoms with Crippen LogP contribution in [0.25, 0.3) is 0 Å². The Balaban J connectivity index is 2.37. The second-order valence-electron chi connectivity index (χ2n) is 5.69. The first-order valence-corrected chi connectivity index (χ1v) is 9.47. The first kappa shape index (κ1) is 19.5. The standard InChI is InChI=1S/C16H23NO7S/c1-22-13-7-6-11(9-14(13)23-2)25(20,21)16(24-10-15(18)19)12-5-3-4-8-17-12/h6-7,9,12,16-17H,3-5,8,10H2,1-2H3,(H,18,19). The van der Waals surface area contributed by atoms with E-state index in [9.17, 15) is 13.2 Å². The molecule has 2 atom stereocenters. The monoisotopic (exact) mass is 373 g/mol. The van der Waals surface area contributed by atoms with Crippen LogP contribution in [-0.2, 0) is 19.4 Å². The van der Waals surface area contributed by atoms with Crippen molar-refractivity contribution in [1.29, 1.82) is 0 Å². The Morgan fingerprint density at radius 1 is 1.28 bits per heavy atom. The lowest BCUT2D eigenvalue weighted by Crippen LogP contribution is -2.48. The zero-order chi connectivity index (χ0) is 18.4. The third kappa shape index (κ3) is 4.62. The van der Waals surface area contributed by atoms with E-state index < -0.39 is 33.9 Å². The second kappa shape index (κ2) is 8.50. The number of aliphatic carboxylic acids is 1. The van der Waals surface area contributed by atoms with Crippen molar-refractivity contribution < 1.29 is 32.5 Å². The predicted octanol–water partition coefficient (Wildman–Crippen LogP) is 1.05. The zero-order valence-corrected chi connectivity index (χ0v) is 15.0. The molecule has 1 saturated heterocycles. The highest BCUT2D eigenvalue weighted by Gasteiger charge is 2.37. The lowest BCUT2D eigenvalue weighted by Gasteiger charge is -2.30. The Morgan fingerprint density at radius 3 is 2.56 bits per heavy atom. The molecule has 2 rings (SSSR count). The van der Waals surface area contributed by atoms with Gasteiger partial charge in [-0.3, -0.25) is 0 Å². The van der Waals surface area contributed by atoms with Crippen molar-refractivity contribution in [3.63, 3.8) is 0 Å². The van der Waals surface area contributed by atoms with E-state index in [1.807, 2.05) is 0 Å². The molecule has 0 saturated carbocycles. The molecule has 0 amide bonds. The SMILES string of the molecule is COc1ccc(S(=O)(=O)C(OCC(=O)O)C2CCCCN2)cc1OC. The van der Waals surface area contributed by atoms with E-state index in [0.717, 1.165) is 12.8 Å². The van der Waals surface area contributed by atoms with Gasteiger partial charge < -0.3 is 24.6 Å². The Kier molecular flexibility index (Phi) is 6.63. The molecule has 1 aromatic rings. The van der Waals surface area contributed by atoms with Gasteiger partial charge in [-0.25, -0.2) is 13.2 Å². The Hall–Kier alpha value is -1.84. The van der Waals surface area contributed by atoms with E-state index in [4.69, 9.17) is 19.3 Å². The van der Waals surface area contributed by atoms with Gasteiger partial charge in [0.15, 0.2) is 16.9 Å². The van der Waals surface area contributed by atoms with Crippen LogP contribution in [0.5, 0.6) is 11.5 Å². The number of benzene rings is 1. The molecule has 1 fully saturated rings. The van der Waals surface area contributed by atoms with Gasteiger partial charge in [0.1, 0.15) is 6.61 Å². The van der Waals surface area contributed by atoms with Crippen LogP contribution in [0.3, 0.4) is 0 Å².